The molecule has 0 saturated heterocycles. The van der Waals surface area contributed by atoms with Gasteiger partial charge in [-0.2, -0.15) is 0 Å². The van der Waals surface area contributed by atoms with Gasteiger partial charge < -0.3 is 14.5 Å². The van der Waals surface area contributed by atoms with Crippen LogP contribution < -0.4 is 10.9 Å². The van der Waals surface area contributed by atoms with E-state index in [1.165, 1.54) is 46.1 Å². The summed E-state index contributed by atoms with van der Waals surface area (Å²) in [6, 6.07) is 3.69. The van der Waals surface area contributed by atoms with Crippen molar-refractivity contribution in [1.82, 2.24) is 9.55 Å². The average Bonchev–Trinajstić information content (AvgIpc) is 3.63. The molecule has 1 N–H and O–H groups in total. The summed E-state index contributed by atoms with van der Waals surface area (Å²) >= 11 is 3.95. The topological polar surface area (TPSA) is 103 Å². The lowest BCUT2D eigenvalue weighted by Crippen LogP contribution is -2.23. The number of thiophene rings is 2. The number of rotatable bonds is 8. The van der Waals surface area contributed by atoms with Crippen LogP contribution in [0.1, 0.15) is 33.0 Å². The van der Waals surface area contributed by atoms with Gasteiger partial charge in [0.25, 0.3) is 5.56 Å². The number of aryl methyl sites for hydroxylation is 2. The van der Waals surface area contributed by atoms with Gasteiger partial charge in [0.2, 0.25) is 5.91 Å². The van der Waals surface area contributed by atoms with Crippen LogP contribution in [0.5, 0.6) is 0 Å². The minimum Gasteiger partial charge on any atom is -0.465 e. The maximum absolute atomic E-state index is 13.4. The number of carbonyl (C=O) groups excluding carboxylic acids is 2. The van der Waals surface area contributed by atoms with Gasteiger partial charge in [0.1, 0.15) is 21.4 Å². The van der Waals surface area contributed by atoms with E-state index in [1.54, 1.807) is 6.08 Å². The van der Waals surface area contributed by atoms with E-state index >= 15 is 0 Å². The number of hydrogen-bond donors (Lipinski definition) is 1. The van der Waals surface area contributed by atoms with Crippen LogP contribution in [0.3, 0.4) is 0 Å². The number of esters is 1. The number of nitrogens with one attached hydrogen (secondary N) is 1. The standard InChI is InChI=1S/C25H23N3O5S3/c1-4-10-28-23(30)19-15(16-9-8-13(2)33-16)11-34-21(19)27-25(28)35-12-18(29)26-22-20(24(31)32-3)14-6-5-7-17(14)36-22/h4,8-9,11H,1,5-7,10,12H2,2-3H3,(H,26,29). The van der Waals surface area contributed by atoms with Crippen LogP contribution in [0, 0.1) is 6.92 Å². The zero-order valence-corrected chi connectivity index (χ0v) is 22.2. The molecule has 11 heteroatoms. The van der Waals surface area contributed by atoms with Crippen LogP contribution in [0.15, 0.2) is 44.5 Å². The van der Waals surface area contributed by atoms with Crippen molar-refractivity contribution in [2.45, 2.75) is 37.9 Å². The Morgan fingerprint density at radius 1 is 1.36 bits per heavy atom. The van der Waals surface area contributed by atoms with E-state index in [-0.39, 0.29) is 23.8 Å². The van der Waals surface area contributed by atoms with E-state index < -0.39 is 5.97 Å². The first kappa shape index (κ1) is 24.5. The molecule has 8 nitrogen and oxygen atoms in total. The monoisotopic (exact) mass is 541 g/mol. The number of furan rings is 1. The van der Waals surface area contributed by atoms with Gasteiger partial charge >= 0.3 is 5.97 Å². The molecule has 0 bridgehead atoms. The number of methoxy groups -OCH3 is 1. The van der Waals surface area contributed by atoms with E-state index in [0.29, 0.717) is 37.3 Å². The molecule has 1 amide bonds. The van der Waals surface area contributed by atoms with Crippen molar-refractivity contribution in [3.05, 3.63) is 62.3 Å². The molecule has 0 unspecified atom stereocenters. The van der Waals surface area contributed by atoms with Gasteiger partial charge in [-0.1, -0.05) is 17.8 Å². The Labute approximate surface area is 219 Å². The molecule has 0 aromatic carbocycles. The van der Waals surface area contributed by atoms with Gasteiger partial charge in [-0.15, -0.1) is 29.3 Å². The predicted octanol–water partition coefficient (Wildman–Crippen LogP) is 5.28. The molecule has 36 heavy (non-hydrogen) atoms. The number of amides is 1. The van der Waals surface area contributed by atoms with E-state index in [1.807, 2.05) is 24.4 Å². The number of allylic oxidation sites excluding steroid dienone is 1. The SMILES string of the molecule is C=CCn1c(SCC(=O)Nc2sc3c(c2C(=O)OC)CCC3)nc2scc(-c3ccc(C)o3)c2c1=O. The zero-order valence-electron chi connectivity index (χ0n) is 19.7. The molecule has 5 rings (SSSR count). The number of hydrogen-bond acceptors (Lipinski definition) is 9. The summed E-state index contributed by atoms with van der Waals surface area (Å²) in [6.07, 6.45) is 4.32. The number of anilines is 1. The molecule has 0 saturated carbocycles. The van der Waals surface area contributed by atoms with Gasteiger partial charge in [-0.3, -0.25) is 14.2 Å². The molecule has 0 fully saturated rings. The number of thioether (sulfide) groups is 1. The fourth-order valence-corrected chi connectivity index (χ4v) is 7.34. The Morgan fingerprint density at radius 3 is 2.92 bits per heavy atom. The third-order valence-corrected chi connectivity index (χ3v) is 8.93. The molecule has 186 valence electrons. The second-order valence-corrected chi connectivity index (χ2v) is 11.1. The van der Waals surface area contributed by atoms with Crippen molar-refractivity contribution in [3.63, 3.8) is 0 Å². The van der Waals surface area contributed by atoms with Crippen molar-refractivity contribution in [1.29, 1.82) is 0 Å². The summed E-state index contributed by atoms with van der Waals surface area (Å²) in [5.74, 6) is 0.667. The third-order valence-electron chi connectivity index (χ3n) is 5.87. The highest BCUT2D eigenvalue weighted by atomic mass is 32.2. The van der Waals surface area contributed by atoms with Crippen molar-refractivity contribution >= 4 is 61.5 Å². The van der Waals surface area contributed by atoms with E-state index in [2.05, 4.69) is 16.9 Å². The fourth-order valence-electron chi connectivity index (χ4n) is 4.27. The predicted molar refractivity (Wildman–Crippen MR) is 144 cm³/mol. The first-order valence-corrected chi connectivity index (χ1v) is 13.9. The number of aromatic nitrogens is 2. The minimum atomic E-state index is -0.440. The lowest BCUT2D eigenvalue weighted by Gasteiger charge is -2.11. The number of ether oxygens (including phenoxy) is 1. The summed E-state index contributed by atoms with van der Waals surface area (Å²) in [6.45, 7) is 5.87. The van der Waals surface area contributed by atoms with Gasteiger partial charge in [0.05, 0.1) is 23.8 Å². The Morgan fingerprint density at radius 2 is 2.19 bits per heavy atom. The molecule has 0 atom stereocenters. The Balaban J connectivity index is 1.41. The van der Waals surface area contributed by atoms with Crippen LogP contribution in [0.4, 0.5) is 5.00 Å². The molecule has 4 heterocycles. The maximum atomic E-state index is 13.4. The minimum absolute atomic E-state index is 0.0217. The fraction of sp³-hybridized carbons (Fsp3) is 0.280. The highest BCUT2D eigenvalue weighted by molar-refractivity contribution is 7.99. The number of carbonyl (C=O) groups is 2. The average molecular weight is 542 g/mol. The Kier molecular flexibility index (Phi) is 6.87. The van der Waals surface area contributed by atoms with Crippen LogP contribution in [-0.2, 0) is 28.9 Å². The van der Waals surface area contributed by atoms with E-state index in [9.17, 15) is 14.4 Å². The third kappa shape index (κ3) is 4.42. The second-order valence-electron chi connectivity index (χ2n) is 8.23. The summed E-state index contributed by atoms with van der Waals surface area (Å²) in [5, 5.41) is 6.16. The summed E-state index contributed by atoms with van der Waals surface area (Å²) < 4.78 is 12.2. The zero-order chi connectivity index (χ0) is 25.4. The largest absolute Gasteiger partial charge is 0.465 e. The summed E-state index contributed by atoms with van der Waals surface area (Å²) in [5.41, 5.74) is 1.92. The molecule has 4 aromatic heterocycles. The molecule has 1 aliphatic rings. The highest BCUT2D eigenvalue weighted by Gasteiger charge is 2.28. The summed E-state index contributed by atoms with van der Waals surface area (Å²) in [4.78, 5) is 45.1. The quantitative estimate of drug-likeness (QED) is 0.140. The first-order valence-electron chi connectivity index (χ1n) is 11.3. The van der Waals surface area contributed by atoms with Crippen molar-refractivity contribution in [2.75, 3.05) is 18.2 Å². The number of fused-ring (bicyclic) bond motifs is 2. The van der Waals surface area contributed by atoms with Crippen molar-refractivity contribution in [2.24, 2.45) is 0 Å². The van der Waals surface area contributed by atoms with Crippen LogP contribution in [0.25, 0.3) is 21.5 Å². The molecular weight excluding hydrogens is 518 g/mol. The van der Waals surface area contributed by atoms with Crippen molar-refractivity contribution in [3.8, 4) is 11.3 Å². The van der Waals surface area contributed by atoms with Gasteiger partial charge in [0, 0.05) is 22.4 Å². The Hall–Kier alpha value is -3.15. The van der Waals surface area contributed by atoms with E-state index in [0.717, 1.165) is 35.5 Å². The van der Waals surface area contributed by atoms with Gasteiger partial charge in [-0.25, -0.2) is 9.78 Å². The van der Waals surface area contributed by atoms with Crippen LogP contribution in [0.2, 0.25) is 0 Å². The van der Waals surface area contributed by atoms with Crippen LogP contribution in [-0.4, -0.2) is 34.3 Å². The second kappa shape index (κ2) is 10.1. The van der Waals surface area contributed by atoms with Crippen LogP contribution >= 0.6 is 34.4 Å². The first-order chi connectivity index (χ1) is 17.4. The molecule has 0 radical (unpaired) electrons. The molecule has 4 aromatic rings. The Bertz CT molecular complexity index is 1560. The molecular formula is C25H23N3O5S3. The molecule has 0 aliphatic heterocycles. The van der Waals surface area contributed by atoms with Crippen molar-refractivity contribution < 1.29 is 18.7 Å². The highest BCUT2D eigenvalue weighted by Crippen LogP contribution is 2.39. The van der Waals surface area contributed by atoms with E-state index in [4.69, 9.17) is 9.15 Å². The molecule has 1 aliphatic carbocycles. The maximum Gasteiger partial charge on any atom is 0.341 e. The smallest absolute Gasteiger partial charge is 0.341 e. The molecule has 0 spiro atoms. The normalized spacial score (nSPS) is 12.6. The van der Waals surface area contributed by atoms with Gasteiger partial charge in [0.15, 0.2) is 5.16 Å². The van der Waals surface area contributed by atoms with Gasteiger partial charge in [-0.05, 0) is 43.9 Å². The lowest BCUT2D eigenvalue weighted by atomic mass is 10.1. The summed E-state index contributed by atoms with van der Waals surface area (Å²) in [7, 11) is 1.34. The lowest BCUT2D eigenvalue weighted by molar-refractivity contribution is -0.113. The number of nitrogens with zero attached hydrogens (tertiary/aromatic N) is 2.